The number of nitrogens with one attached hydrogen (secondary N) is 1. The van der Waals surface area contributed by atoms with Gasteiger partial charge in [0, 0.05) is 18.9 Å². The van der Waals surface area contributed by atoms with E-state index in [9.17, 15) is 22.4 Å². The highest BCUT2D eigenvalue weighted by Crippen LogP contribution is 2.32. The Morgan fingerprint density at radius 3 is 2.52 bits per heavy atom. The van der Waals surface area contributed by atoms with E-state index in [4.69, 9.17) is 4.74 Å². The number of amides is 2. The van der Waals surface area contributed by atoms with E-state index in [-0.39, 0.29) is 28.5 Å². The third-order valence-electron chi connectivity index (χ3n) is 4.48. The van der Waals surface area contributed by atoms with Gasteiger partial charge in [0.2, 0.25) is 0 Å². The molecule has 1 unspecified atom stereocenters. The summed E-state index contributed by atoms with van der Waals surface area (Å²) in [5, 5.41) is 2.63. The number of benzene rings is 2. The number of hydrogen-bond donors (Lipinski definition) is 1. The van der Waals surface area contributed by atoms with Crippen LogP contribution in [0.5, 0.6) is 5.75 Å². The summed E-state index contributed by atoms with van der Waals surface area (Å²) in [7, 11) is -2.10. The molecule has 1 aliphatic rings. The first kappa shape index (κ1) is 20.5. The maximum atomic E-state index is 13.3. The number of ether oxygens (including phenoxy) is 1. The highest BCUT2D eigenvalue weighted by Gasteiger charge is 2.29. The highest BCUT2D eigenvalue weighted by atomic mass is 32.2. The molecule has 1 atom stereocenters. The number of methoxy groups -OCH3 is 1. The van der Waals surface area contributed by atoms with Crippen LogP contribution >= 0.6 is 0 Å². The SMILES string of the molecule is COc1ccc(S(C)(=O)=O)cc1NC(=O)N1C=CC(=O)CC1c1ccc(F)cc1. The second-order valence-corrected chi connectivity index (χ2v) is 8.54. The van der Waals surface area contributed by atoms with Crippen molar-refractivity contribution in [3.05, 3.63) is 66.1 Å². The fraction of sp³-hybridized carbons (Fsp3) is 0.200. The van der Waals surface area contributed by atoms with Crippen molar-refractivity contribution >= 4 is 27.3 Å². The number of carbonyl (C=O) groups is 2. The van der Waals surface area contributed by atoms with Crippen molar-refractivity contribution in [1.82, 2.24) is 4.90 Å². The molecule has 0 saturated carbocycles. The smallest absolute Gasteiger partial charge is 0.326 e. The number of nitrogens with zero attached hydrogens (tertiary/aromatic N) is 1. The number of carbonyl (C=O) groups excluding carboxylic acids is 2. The molecule has 2 aromatic carbocycles. The third-order valence-corrected chi connectivity index (χ3v) is 5.59. The summed E-state index contributed by atoms with van der Waals surface area (Å²) in [6, 6.07) is 8.44. The van der Waals surface area contributed by atoms with Gasteiger partial charge in [0.05, 0.1) is 23.7 Å². The molecule has 3 rings (SSSR count). The van der Waals surface area contributed by atoms with E-state index in [0.717, 1.165) is 6.26 Å². The lowest BCUT2D eigenvalue weighted by Crippen LogP contribution is -2.37. The van der Waals surface area contributed by atoms with Crippen molar-refractivity contribution in [2.75, 3.05) is 18.7 Å². The van der Waals surface area contributed by atoms with Crippen molar-refractivity contribution in [1.29, 1.82) is 0 Å². The van der Waals surface area contributed by atoms with E-state index < -0.39 is 27.7 Å². The summed E-state index contributed by atoms with van der Waals surface area (Å²) in [5.74, 6) is -0.314. The minimum absolute atomic E-state index is 0.0213. The lowest BCUT2D eigenvalue weighted by atomic mass is 9.97. The van der Waals surface area contributed by atoms with Gasteiger partial charge in [-0.15, -0.1) is 0 Å². The molecule has 7 nitrogen and oxygen atoms in total. The third kappa shape index (κ3) is 4.62. The van der Waals surface area contributed by atoms with Crippen molar-refractivity contribution < 1.29 is 27.1 Å². The molecular weight excluding hydrogens is 399 g/mol. The lowest BCUT2D eigenvalue weighted by Gasteiger charge is -2.31. The maximum Gasteiger partial charge on any atom is 0.326 e. The van der Waals surface area contributed by atoms with Crippen LogP contribution in [0.15, 0.2) is 59.6 Å². The Balaban J connectivity index is 1.93. The summed E-state index contributed by atoms with van der Waals surface area (Å²) in [6.07, 6.45) is 3.73. The zero-order chi connectivity index (χ0) is 21.2. The molecule has 1 heterocycles. The normalized spacial score (nSPS) is 16.6. The summed E-state index contributed by atoms with van der Waals surface area (Å²) in [6.45, 7) is 0. The molecule has 152 valence electrons. The van der Waals surface area contributed by atoms with Gasteiger partial charge in [0.15, 0.2) is 15.6 Å². The summed E-state index contributed by atoms with van der Waals surface area (Å²) in [4.78, 5) is 26.1. The predicted molar refractivity (Wildman–Crippen MR) is 105 cm³/mol. The van der Waals surface area contributed by atoms with Crippen molar-refractivity contribution in [3.8, 4) is 5.75 Å². The van der Waals surface area contributed by atoms with Crippen LogP contribution in [0.1, 0.15) is 18.0 Å². The highest BCUT2D eigenvalue weighted by molar-refractivity contribution is 7.90. The molecule has 2 aromatic rings. The van der Waals surface area contributed by atoms with E-state index in [1.54, 1.807) is 0 Å². The second kappa shape index (κ2) is 8.04. The van der Waals surface area contributed by atoms with Crippen molar-refractivity contribution in [3.63, 3.8) is 0 Å². The molecular formula is C20H19FN2O5S. The van der Waals surface area contributed by atoms with E-state index in [0.29, 0.717) is 5.56 Å². The van der Waals surface area contributed by atoms with Gasteiger partial charge in [-0.2, -0.15) is 0 Å². The lowest BCUT2D eigenvalue weighted by molar-refractivity contribution is -0.116. The van der Waals surface area contributed by atoms with Crippen LogP contribution in [0.2, 0.25) is 0 Å². The Morgan fingerprint density at radius 1 is 1.21 bits per heavy atom. The van der Waals surface area contributed by atoms with Crippen LogP contribution in [0, 0.1) is 5.82 Å². The monoisotopic (exact) mass is 418 g/mol. The quantitative estimate of drug-likeness (QED) is 0.822. The molecule has 2 amide bonds. The Labute approximate surface area is 167 Å². The first-order valence-corrected chi connectivity index (χ1v) is 10.5. The van der Waals surface area contributed by atoms with Gasteiger partial charge in [-0.1, -0.05) is 12.1 Å². The van der Waals surface area contributed by atoms with Crippen LogP contribution in [0.25, 0.3) is 0 Å². The topological polar surface area (TPSA) is 92.8 Å². The van der Waals surface area contributed by atoms with E-state index in [2.05, 4.69) is 5.32 Å². The van der Waals surface area contributed by atoms with Gasteiger partial charge in [0.1, 0.15) is 11.6 Å². The molecule has 0 aromatic heterocycles. The van der Waals surface area contributed by atoms with Crippen molar-refractivity contribution in [2.45, 2.75) is 17.4 Å². The Morgan fingerprint density at radius 2 is 1.90 bits per heavy atom. The van der Waals surface area contributed by atoms with Gasteiger partial charge in [0.25, 0.3) is 0 Å². The summed E-state index contributed by atoms with van der Waals surface area (Å²) in [5.41, 5.74) is 0.764. The summed E-state index contributed by atoms with van der Waals surface area (Å²) < 4.78 is 42.1. The first-order valence-electron chi connectivity index (χ1n) is 8.63. The fourth-order valence-electron chi connectivity index (χ4n) is 2.99. The van der Waals surface area contributed by atoms with Crippen LogP contribution < -0.4 is 10.1 Å². The Hall–Kier alpha value is -3.20. The largest absolute Gasteiger partial charge is 0.495 e. The van der Waals surface area contributed by atoms with Crippen LogP contribution in [-0.4, -0.2) is 38.5 Å². The average Bonchev–Trinajstić information content (AvgIpc) is 2.67. The molecule has 0 spiro atoms. The Bertz CT molecular complexity index is 1080. The molecule has 0 radical (unpaired) electrons. The van der Waals surface area contributed by atoms with Gasteiger partial charge in [-0.25, -0.2) is 17.6 Å². The molecule has 0 saturated heterocycles. The molecule has 1 aliphatic heterocycles. The number of rotatable bonds is 4. The average molecular weight is 418 g/mol. The Kier molecular flexibility index (Phi) is 5.69. The summed E-state index contributed by atoms with van der Waals surface area (Å²) >= 11 is 0. The van der Waals surface area contributed by atoms with Gasteiger partial charge >= 0.3 is 6.03 Å². The van der Waals surface area contributed by atoms with Gasteiger partial charge < -0.3 is 10.1 Å². The van der Waals surface area contributed by atoms with Gasteiger partial charge in [-0.3, -0.25) is 9.69 Å². The number of hydrogen-bond acceptors (Lipinski definition) is 5. The van der Waals surface area contributed by atoms with Crippen molar-refractivity contribution in [2.24, 2.45) is 0 Å². The molecule has 9 heteroatoms. The predicted octanol–water partition coefficient (Wildman–Crippen LogP) is 3.30. The zero-order valence-corrected chi connectivity index (χ0v) is 16.6. The molecule has 0 fully saturated rings. The molecule has 1 N–H and O–H groups in total. The van der Waals surface area contributed by atoms with Crippen LogP contribution in [0.3, 0.4) is 0 Å². The van der Waals surface area contributed by atoms with Crippen LogP contribution in [-0.2, 0) is 14.6 Å². The molecule has 0 aliphatic carbocycles. The number of ketones is 1. The fourth-order valence-corrected chi connectivity index (χ4v) is 3.64. The number of sulfone groups is 1. The van der Waals surface area contributed by atoms with Gasteiger partial charge in [-0.05, 0) is 42.0 Å². The number of anilines is 1. The number of urea groups is 1. The minimum Gasteiger partial charge on any atom is -0.495 e. The first-order chi connectivity index (χ1) is 13.7. The minimum atomic E-state index is -3.49. The van der Waals surface area contributed by atoms with E-state index in [1.165, 1.54) is 66.8 Å². The number of allylic oxidation sites excluding steroid dienone is 1. The van der Waals surface area contributed by atoms with E-state index >= 15 is 0 Å². The standard InChI is InChI=1S/C20H19FN2O5S/c1-28-19-8-7-16(29(2,26)27)12-17(19)22-20(25)23-10-9-15(24)11-18(23)13-3-5-14(21)6-4-13/h3-10,12,18H,11H2,1-2H3,(H,22,25). The number of halogens is 1. The zero-order valence-electron chi connectivity index (χ0n) is 15.8. The maximum absolute atomic E-state index is 13.3. The molecule has 29 heavy (non-hydrogen) atoms. The second-order valence-electron chi connectivity index (χ2n) is 6.53. The van der Waals surface area contributed by atoms with Crippen LogP contribution in [0.4, 0.5) is 14.9 Å². The van der Waals surface area contributed by atoms with E-state index in [1.807, 2.05) is 0 Å². The molecule has 0 bridgehead atoms.